The number of aliphatic hydroxyl groups is 1. The molecule has 2 aromatic rings. The van der Waals surface area contributed by atoms with E-state index in [9.17, 15) is 21.6 Å². The van der Waals surface area contributed by atoms with Gasteiger partial charge >= 0.3 is 6.18 Å². The Balaban J connectivity index is 2.12. The van der Waals surface area contributed by atoms with Crippen LogP contribution < -0.4 is 4.72 Å². The highest BCUT2D eigenvalue weighted by atomic mass is 32.2. The minimum Gasteiger partial charge on any atom is -0.392 e. The van der Waals surface area contributed by atoms with Crippen LogP contribution in [0.15, 0.2) is 47.5 Å². The van der Waals surface area contributed by atoms with Crippen molar-refractivity contribution in [2.45, 2.75) is 24.2 Å². The molecule has 0 unspecified atom stereocenters. The summed E-state index contributed by atoms with van der Waals surface area (Å²) < 4.78 is 63.6. The summed E-state index contributed by atoms with van der Waals surface area (Å²) in [5.41, 5.74) is 0.0741. The first-order chi connectivity index (χ1) is 10.7. The summed E-state index contributed by atoms with van der Waals surface area (Å²) in [7, 11) is -3.98. The maximum absolute atomic E-state index is 12.4. The number of sulfonamides is 1. The van der Waals surface area contributed by atoms with Crippen LogP contribution >= 0.6 is 0 Å². The van der Waals surface area contributed by atoms with Crippen LogP contribution in [0.2, 0.25) is 0 Å². The lowest BCUT2D eigenvalue weighted by Crippen LogP contribution is -2.23. The predicted molar refractivity (Wildman–Crippen MR) is 75.6 cm³/mol. The Morgan fingerprint density at radius 1 is 1.13 bits per heavy atom. The van der Waals surface area contributed by atoms with Gasteiger partial charge in [-0.2, -0.15) is 13.2 Å². The van der Waals surface area contributed by atoms with Crippen LogP contribution in [0.5, 0.6) is 0 Å². The molecule has 0 radical (unpaired) electrons. The smallest absolute Gasteiger partial charge is 0.392 e. The van der Waals surface area contributed by atoms with Crippen molar-refractivity contribution in [2.75, 3.05) is 0 Å². The second kappa shape index (κ2) is 6.65. The van der Waals surface area contributed by atoms with Crippen LogP contribution in [0.1, 0.15) is 16.8 Å². The summed E-state index contributed by atoms with van der Waals surface area (Å²) in [5, 5.41) is 9.02. The average molecular weight is 346 g/mol. The second-order valence-corrected chi connectivity index (χ2v) is 6.45. The molecule has 0 atom stereocenters. The normalized spacial score (nSPS) is 12.3. The van der Waals surface area contributed by atoms with Crippen LogP contribution in [0.4, 0.5) is 13.2 Å². The minimum absolute atomic E-state index is 0.0583. The number of aliphatic hydroxyl groups excluding tert-OH is 1. The first kappa shape index (κ1) is 17.4. The molecule has 2 N–H and O–H groups in total. The van der Waals surface area contributed by atoms with E-state index >= 15 is 0 Å². The fraction of sp³-hybridized carbons (Fsp3) is 0.214. The molecule has 0 bridgehead atoms. The molecule has 1 aromatic carbocycles. The average Bonchev–Trinajstić information content (AvgIpc) is 2.52. The van der Waals surface area contributed by atoms with E-state index in [2.05, 4.69) is 9.71 Å². The zero-order chi connectivity index (χ0) is 17.1. The molecule has 0 aliphatic heterocycles. The summed E-state index contributed by atoms with van der Waals surface area (Å²) >= 11 is 0. The van der Waals surface area contributed by atoms with Crippen molar-refractivity contribution < 1.29 is 26.7 Å². The summed E-state index contributed by atoms with van der Waals surface area (Å²) in [6.45, 7) is -0.236. The Morgan fingerprint density at radius 3 is 2.39 bits per heavy atom. The molecule has 0 aliphatic rings. The van der Waals surface area contributed by atoms with Gasteiger partial charge in [0, 0.05) is 12.7 Å². The van der Waals surface area contributed by atoms with E-state index in [4.69, 9.17) is 5.11 Å². The fourth-order valence-electron chi connectivity index (χ4n) is 1.81. The SMILES string of the molecule is O=S(=O)(NCc1cccc(CO)c1)c1ccc(C(F)(F)F)nc1. The molecule has 5 nitrogen and oxygen atoms in total. The van der Waals surface area contributed by atoms with Crippen LogP contribution in [0.25, 0.3) is 0 Å². The Labute approximate surface area is 130 Å². The van der Waals surface area contributed by atoms with Gasteiger partial charge in [0.1, 0.15) is 10.6 Å². The molecule has 1 aromatic heterocycles. The lowest BCUT2D eigenvalue weighted by molar-refractivity contribution is -0.141. The Bertz CT molecular complexity index is 775. The van der Waals surface area contributed by atoms with Gasteiger partial charge < -0.3 is 5.11 Å². The maximum Gasteiger partial charge on any atom is 0.433 e. The number of halogens is 3. The Kier molecular flexibility index (Phi) is 5.03. The molecule has 2 rings (SSSR count). The standard InChI is InChI=1S/C14H13F3N2O3S/c15-14(16,17)13-5-4-12(8-18-13)23(21,22)19-7-10-2-1-3-11(6-10)9-20/h1-6,8,19-20H,7,9H2. The summed E-state index contributed by atoms with van der Waals surface area (Å²) in [6.07, 6.45) is -3.96. The van der Waals surface area contributed by atoms with Gasteiger partial charge in [-0.15, -0.1) is 0 Å². The van der Waals surface area contributed by atoms with Gasteiger partial charge in [-0.25, -0.2) is 13.1 Å². The van der Waals surface area contributed by atoms with Crippen LogP contribution in [0.3, 0.4) is 0 Å². The van der Waals surface area contributed by atoms with Crippen molar-refractivity contribution in [3.63, 3.8) is 0 Å². The highest BCUT2D eigenvalue weighted by Crippen LogP contribution is 2.27. The minimum atomic E-state index is -4.62. The largest absolute Gasteiger partial charge is 0.433 e. The molecule has 9 heteroatoms. The predicted octanol–water partition coefficient (Wildman–Crippen LogP) is 2.07. The van der Waals surface area contributed by atoms with E-state index in [1.807, 2.05) is 0 Å². The topological polar surface area (TPSA) is 79.3 Å². The van der Waals surface area contributed by atoms with Gasteiger partial charge in [0.25, 0.3) is 0 Å². The van der Waals surface area contributed by atoms with Gasteiger partial charge in [-0.3, -0.25) is 4.98 Å². The number of pyridine rings is 1. The van der Waals surface area contributed by atoms with Crippen molar-refractivity contribution in [1.29, 1.82) is 0 Å². The van der Waals surface area contributed by atoms with Gasteiger partial charge in [0.15, 0.2) is 0 Å². The van der Waals surface area contributed by atoms with E-state index in [1.54, 1.807) is 24.3 Å². The lowest BCUT2D eigenvalue weighted by Gasteiger charge is -2.09. The molecule has 0 spiro atoms. The number of nitrogens with zero attached hydrogens (tertiary/aromatic N) is 1. The van der Waals surface area contributed by atoms with Crippen molar-refractivity contribution in [1.82, 2.24) is 9.71 Å². The van der Waals surface area contributed by atoms with Crippen LogP contribution in [-0.2, 0) is 29.4 Å². The number of hydrogen-bond acceptors (Lipinski definition) is 4. The maximum atomic E-state index is 12.4. The van der Waals surface area contributed by atoms with E-state index in [1.165, 1.54) is 0 Å². The Hall–Kier alpha value is -1.97. The molecule has 124 valence electrons. The molecular formula is C14H13F3N2O3S. The number of hydrogen-bond donors (Lipinski definition) is 2. The quantitative estimate of drug-likeness (QED) is 0.869. The van der Waals surface area contributed by atoms with Crippen molar-refractivity contribution >= 4 is 10.0 Å². The monoisotopic (exact) mass is 346 g/mol. The third-order valence-electron chi connectivity index (χ3n) is 2.98. The van der Waals surface area contributed by atoms with Gasteiger partial charge in [-0.1, -0.05) is 24.3 Å². The molecule has 0 fully saturated rings. The molecule has 0 saturated carbocycles. The third-order valence-corrected chi connectivity index (χ3v) is 4.36. The molecule has 1 heterocycles. The zero-order valence-electron chi connectivity index (χ0n) is 11.7. The highest BCUT2D eigenvalue weighted by Gasteiger charge is 2.32. The Morgan fingerprint density at radius 2 is 1.83 bits per heavy atom. The van der Waals surface area contributed by atoms with Crippen molar-refractivity contribution in [3.05, 3.63) is 59.4 Å². The third kappa shape index (κ3) is 4.50. The second-order valence-electron chi connectivity index (χ2n) is 4.68. The summed E-state index contributed by atoms with van der Waals surface area (Å²) in [4.78, 5) is 2.76. The van der Waals surface area contributed by atoms with Crippen LogP contribution in [-0.4, -0.2) is 18.5 Å². The van der Waals surface area contributed by atoms with Gasteiger partial charge in [0.05, 0.1) is 6.61 Å². The van der Waals surface area contributed by atoms with Crippen molar-refractivity contribution in [2.24, 2.45) is 0 Å². The van der Waals surface area contributed by atoms with Gasteiger partial charge in [-0.05, 0) is 23.3 Å². The number of rotatable bonds is 5. The summed E-state index contributed by atoms with van der Waals surface area (Å²) in [5.74, 6) is 0. The molecule has 0 saturated heterocycles. The van der Waals surface area contributed by atoms with Crippen LogP contribution in [0, 0.1) is 0 Å². The molecule has 0 aliphatic carbocycles. The fourth-order valence-corrected chi connectivity index (χ4v) is 2.77. The first-order valence-electron chi connectivity index (χ1n) is 6.44. The number of nitrogens with one attached hydrogen (secondary N) is 1. The highest BCUT2D eigenvalue weighted by molar-refractivity contribution is 7.89. The lowest BCUT2D eigenvalue weighted by atomic mass is 10.1. The summed E-state index contributed by atoms with van der Waals surface area (Å²) in [6, 6.07) is 8.08. The number of alkyl halides is 3. The van der Waals surface area contributed by atoms with E-state index in [0.717, 1.165) is 6.07 Å². The van der Waals surface area contributed by atoms with Crippen molar-refractivity contribution in [3.8, 4) is 0 Å². The molecule has 0 amide bonds. The number of benzene rings is 1. The van der Waals surface area contributed by atoms with E-state index < -0.39 is 21.9 Å². The zero-order valence-corrected chi connectivity index (χ0v) is 12.5. The van der Waals surface area contributed by atoms with E-state index in [0.29, 0.717) is 23.4 Å². The molecular weight excluding hydrogens is 333 g/mol. The number of aromatic nitrogens is 1. The van der Waals surface area contributed by atoms with E-state index in [-0.39, 0.29) is 18.0 Å². The van der Waals surface area contributed by atoms with Gasteiger partial charge in [0.2, 0.25) is 10.0 Å². The first-order valence-corrected chi connectivity index (χ1v) is 7.92. The molecule has 23 heavy (non-hydrogen) atoms.